The maximum atomic E-state index is 12.8. The molecule has 27 heavy (non-hydrogen) atoms. The van der Waals surface area contributed by atoms with E-state index in [0.29, 0.717) is 12.3 Å². The first-order valence-electron chi connectivity index (χ1n) is 9.38. The van der Waals surface area contributed by atoms with Crippen molar-refractivity contribution in [3.63, 3.8) is 0 Å². The highest BCUT2D eigenvalue weighted by Gasteiger charge is 2.19. The number of halogens is 1. The Balaban J connectivity index is 1.75. The van der Waals surface area contributed by atoms with Crippen molar-refractivity contribution in [3.8, 4) is 0 Å². The zero-order chi connectivity index (χ0) is 19.1. The molecule has 1 aromatic carbocycles. The van der Waals surface area contributed by atoms with Crippen molar-refractivity contribution in [2.45, 2.75) is 39.3 Å². The summed E-state index contributed by atoms with van der Waals surface area (Å²) >= 11 is 6.11. The van der Waals surface area contributed by atoms with Gasteiger partial charge in [-0.1, -0.05) is 43.5 Å². The van der Waals surface area contributed by atoms with Crippen molar-refractivity contribution < 1.29 is 9.21 Å². The highest BCUT2D eigenvalue weighted by atomic mass is 35.5. The van der Waals surface area contributed by atoms with E-state index in [2.05, 4.69) is 23.6 Å². The predicted octanol–water partition coefficient (Wildman–Crippen LogP) is 5.62. The molecule has 0 aliphatic heterocycles. The number of furan rings is 1. The molecule has 0 radical (unpaired) electrons. The monoisotopic (exact) mass is 384 g/mol. The highest BCUT2D eigenvalue weighted by Crippen LogP contribution is 2.16. The van der Waals surface area contributed by atoms with Gasteiger partial charge in [0.25, 0.3) is 5.91 Å². The van der Waals surface area contributed by atoms with E-state index in [1.807, 2.05) is 35.4 Å². The minimum absolute atomic E-state index is 0.0633. The van der Waals surface area contributed by atoms with Crippen LogP contribution >= 0.6 is 11.6 Å². The number of nitrogens with zero attached hydrogens (tertiary/aromatic N) is 2. The number of rotatable bonds is 9. The van der Waals surface area contributed by atoms with Gasteiger partial charge in [-0.05, 0) is 48.4 Å². The second-order valence-electron chi connectivity index (χ2n) is 6.67. The van der Waals surface area contributed by atoms with Gasteiger partial charge in [0.1, 0.15) is 0 Å². The smallest absolute Gasteiger partial charge is 0.289 e. The Hall–Kier alpha value is -2.46. The fraction of sp³-hybridized carbons (Fsp3) is 0.318. The van der Waals surface area contributed by atoms with Crippen LogP contribution in [0.3, 0.4) is 0 Å². The normalized spacial score (nSPS) is 10.9. The molecule has 0 N–H and O–H groups in total. The van der Waals surface area contributed by atoms with Crippen molar-refractivity contribution in [2.24, 2.45) is 0 Å². The number of benzene rings is 1. The third kappa shape index (κ3) is 5.27. The van der Waals surface area contributed by atoms with Crippen LogP contribution in [0.1, 0.15) is 48.0 Å². The zero-order valence-electron chi connectivity index (χ0n) is 15.6. The summed E-state index contributed by atoms with van der Waals surface area (Å²) in [5, 5.41) is 0.732. The summed E-state index contributed by atoms with van der Waals surface area (Å²) in [5.41, 5.74) is 2.22. The van der Waals surface area contributed by atoms with Crippen LogP contribution in [0, 0.1) is 0 Å². The van der Waals surface area contributed by atoms with Crippen LogP contribution in [-0.2, 0) is 13.1 Å². The molecule has 4 nitrogen and oxygen atoms in total. The SMILES string of the molecule is CCCCCN(Cc1cccn1Cc1cccc(Cl)c1)C(=O)c1ccco1. The van der Waals surface area contributed by atoms with E-state index < -0.39 is 0 Å². The van der Waals surface area contributed by atoms with E-state index in [-0.39, 0.29) is 5.91 Å². The molecular weight excluding hydrogens is 360 g/mol. The van der Waals surface area contributed by atoms with Gasteiger partial charge < -0.3 is 13.9 Å². The summed E-state index contributed by atoms with van der Waals surface area (Å²) in [6, 6.07) is 15.4. The summed E-state index contributed by atoms with van der Waals surface area (Å²) in [6.07, 6.45) is 6.79. The Morgan fingerprint density at radius 1 is 1.15 bits per heavy atom. The number of amides is 1. The fourth-order valence-corrected chi connectivity index (χ4v) is 3.35. The maximum Gasteiger partial charge on any atom is 0.289 e. The van der Waals surface area contributed by atoms with Crippen LogP contribution in [0.5, 0.6) is 0 Å². The maximum absolute atomic E-state index is 12.8. The first-order chi connectivity index (χ1) is 13.2. The minimum Gasteiger partial charge on any atom is -0.459 e. The number of carbonyl (C=O) groups excluding carboxylic acids is 1. The summed E-state index contributed by atoms with van der Waals surface area (Å²) in [6.45, 7) is 4.15. The number of carbonyl (C=O) groups is 1. The molecule has 3 aromatic rings. The third-order valence-electron chi connectivity index (χ3n) is 4.57. The third-order valence-corrected chi connectivity index (χ3v) is 4.80. The Kier molecular flexibility index (Phi) is 6.77. The van der Waals surface area contributed by atoms with Crippen LogP contribution in [0.2, 0.25) is 5.02 Å². The Morgan fingerprint density at radius 2 is 2.04 bits per heavy atom. The molecule has 0 spiro atoms. The quantitative estimate of drug-likeness (QED) is 0.449. The predicted molar refractivity (Wildman–Crippen MR) is 108 cm³/mol. The Labute approximate surface area is 165 Å². The summed E-state index contributed by atoms with van der Waals surface area (Å²) < 4.78 is 7.49. The number of unbranched alkanes of at least 4 members (excludes halogenated alkanes) is 2. The van der Waals surface area contributed by atoms with Crippen LogP contribution in [0.15, 0.2) is 65.4 Å². The molecule has 1 amide bonds. The van der Waals surface area contributed by atoms with Crippen LogP contribution in [0.4, 0.5) is 0 Å². The number of hydrogen-bond donors (Lipinski definition) is 0. The number of aromatic nitrogens is 1. The molecule has 0 aliphatic rings. The van der Waals surface area contributed by atoms with Gasteiger partial charge in [-0.25, -0.2) is 0 Å². The van der Waals surface area contributed by atoms with E-state index >= 15 is 0 Å². The average molecular weight is 385 g/mol. The Bertz CT molecular complexity index is 855. The van der Waals surface area contributed by atoms with Gasteiger partial charge in [-0.3, -0.25) is 4.79 Å². The van der Waals surface area contributed by atoms with Gasteiger partial charge in [-0.2, -0.15) is 0 Å². The molecule has 0 bridgehead atoms. The largest absolute Gasteiger partial charge is 0.459 e. The van der Waals surface area contributed by atoms with Crippen LogP contribution in [-0.4, -0.2) is 21.9 Å². The van der Waals surface area contributed by atoms with E-state index in [1.165, 1.54) is 0 Å². The fourth-order valence-electron chi connectivity index (χ4n) is 3.14. The van der Waals surface area contributed by atoms with Gasteiger partial charge in [0, 0.05) is 30.0 Å². The molecule has 0 fully saturated rings. The minimum atomic E-state index is -0.0633. The second-order valence-corrected chi connectivity index (χ2v) is 7.10. The van der Waals surface area contributed by atoms with Crippen LogP contribution < -0.4 is 0 Å². The topological polar surface area (TPSA) is 38.4 Å². The van der Waals surface area contributed by atoms with Crippen molar-refractivity contribution in [1.82, 2.24) is 9.47 Å². The van der Waals surface area contributed by atoms with E-state index in [9.17, 15) is 4.79 Å². The first-order valence-corrected chi connectivity index (χ1v) is 9.76. The van der Waals surface area contributed by atoms with Gasteiger partial charge in [0.2, 0.25) is 0 Å². The molecule has 5 heteroatoms. The van der Waals surface area contributed by atoms with Gasteiger partial charge >= 0.3 is 0 Å². The number of hydrogen-bond acceptors (Lipinski definition) is 2. The molecule has 142 valence electrons. The van der Waals surface area contributed by atoms with Crippen molar-refractivity contribution in [2.75, 3.05) is 6.54 Å². The van der Waals surface area contributed by atoms with Crippen molar-refractivity contribution in [1.29, 1.82) is 0 Å². The molecule has 0 saturated heterocycles. The summed E-state index contributed by atoms with van der Waals surface area (Å²) in [7, 11) is 0. The molecule has 0 atom stereocenters. The molecule has 3 rings (SSSR count). The lowest BCUT2D eigenvalue weighted by atomic mass is 10.2. The highest BCUT2D eigenvalue weighted by molar-refractivity contribution is 6.30. The van der Waals surface area contributed by atoms with Crippen molar-refractivity contribution in [3.05, 3.63) is 83.0 Å². The standard InChI is InChI=1S/C22H25ClN2O2/c1-2-3-4-12-25(22(26)21-11-7-14-27-21)17-20-10-6-13-24(20)16-18-8-5-9-19(23)15-18/h5-11,13-15H,2-4,12,16-17H2,1H3. The zero-order valence-corrected chi connectivity index (χ0v) is 16.4. The van der Waals surface area contributed by atoms with E-state index in [1.54, 1.807) is 18.4 Å². The lowest BCUT2D eigenvalue weighted by Crippen LogP contribution is -2.32. The molecule has 0 aliphatic carbocycles. The molecule has 0 saturated carbocycles. The van der Waals surface area contributed by atoms with Gasteiger partial charge in [0.15, 0.2) is 5.76 Å². The van der Waals surface area contributed by atoms with Crippen molar-refractivity contribution >= 4 is 17.5 Å². The first kappa shape index (κ1) is 19.3. The van der Waals surface area contributed by atoms with Gasteiger partial charge in [0.05, 0.1) is 12.8 Å². The summed E-state index contributed by atoms with van der Waals surface area (Å²) in [4.78, 5) is 14.7. The lowest BCUT2D eigenvalue weighted by Gasteiger charge is -2.23. The lowest BCUT2D eigenvalue weighted by molar-refractivity contribution is 0.0704. The van der Waals surface area contributed by atoms with Gasteiger partial charge in [-0.15, -0.1) is 0 Å². The summed E-state index contributed by atoms with van der Waals surface area (Å²) in [5.74, 6) is 0.325. The van der Waals surface area contributed by atoms with Crippen LogP contribution in [0.25, 0.3) is 0 Å². The Morgan fingerprint density at radius 3 is 2.78 bits per heavy atom. The average Bonchev–Trinajstić information content (AvgIpc) is 3.33. The second kappa shape index (κ2) is 9.47. The van der Waals surface area contributed by atoms with E-state index in [4.69, 9.17) is 16.0 Å². The molecule has 0 unspecified atom stereocenters. The van der Waals surface area contributed by atoms with E-state index in [0.717, 1.165) is 48.6 Å². The molecule has 2 aromatic heterocycles. The molecular formula is C22H25ClN2O2. The molecule has 2 heterocycles.